The summed E-state index contributed by atoms with van der Waals surface area (Å²) < 4.78 is 4.55. The molecule has 258 valence electrons. The third-order valence-electron chi connectivity index (χ3n) is 10.8. The van der Waals surface area contributed by atoms with Gasteiger partial charge in [0.2, 0.25) is 0 Å². The molecule has 0 unspecified atom stereocenters. The molecule has 0 bridgehead atoms. The maximum Gasteiger partial charge on any atom is 0.0998 e. The van der Waals surface area contributed by atoms with Crippen molar-refractivity contribution in [1.82, 2.24) is 9.13 Å². The Morgan fingerprint density at radius 3 is 1.55 bits per heavy atom. The maximum atomic E-state index is 10.1. The number of nitriles is 3. The fraction of sp³-hybridized carbons (Fsp3) is 0. The molecule has 0 saturated carbocycles. The van der Waals surface area contributed by atoms with E-state index in [9.17, 15) is 15.8 Å². The second-order valence-electron chi connectivity index (χ2n) is 13.9. The summed E-state index contributed by atoms with van der Waals surface area (Å²) >= 11 is 0. The van der Waals surface area contributed by atoms with Crippen molar-refractivity contribution in [1.29, 1.82) is 15.8 Å². The Labute approximate surface area is 323 Å². The van der Waals surface area contributed by atoms with E-state index in [1.807, 2.05) is 78.9 Å². The highest BCUT2D eigenvalue weighted by atomic mass is 15.0. The number of fused-ring (bicyclic) bond motifs is 6. The van der Waals surface area contributed by atoms with Gasteiger partial charge < -0.3 is 9.13 Å². The molecule has 2 heterocycles. The zero-order valence-electron chi connectivity index (χ0n) is 30.0. The molecule has 0 atom stereocenters. The quantitative estimate of drug-likeness (QED) is 0.178. The van der Waals surface area contributed by atoms with Gasteiger partial charge in [-0.1, -0.05) is 84.9 Å². The fourth-order valence-corrected chi connectivity index (χ4v) is 8.30. The van der Waals surface area contributed by atoms with Gasteiger partial charge in [0.15, 0.2) is 0 Å². The molecule has 0 aliphatic rings. The van der Waals surface area contributed by atoms with Gasteiger partial charge in [0.05, 0.1) is 57.0 Å². The van der Waals surface area contributed by atoms with Crippen LogP contribution in [0.5, 0.6) is 0 Å². The first kappa shape index (κ1) is 32.5. The number of hydrogen-bond acceptors (Lipinski definition) is 3. The molecular weight excluding hydrogens is 683 g/mol. The highest BCUT2D eigenvalue weighted by Crippen LogP contribution is 2.41. The van der Waals surface area contributed by atoms with Crippen LogP contribution in [-0.4, -0.2) is 9.13 Å². The zero-order chi connectivity index (χ0) is 37.8. The van der Waals surface area contributed by atoms with Crippen LogP contribution in [0.15, 0.2) is 176 Å². The first-order valence-electron chi connectivity index (χ1n) is 18.4. The van der Waals surface area contributed by atoms with Gasteiger partial charge in [0.25, 0.3) is 0 Å². The lowest BCUT2D eigenvalue weighted by molar-refractivity contribution is 1.18. The molecule has 0 saturated heterocycles. The Balaban J connectivity index is 1.27. The highest BCUT2D eigenvalue weighted by molar-refractivity contribution is 6.12. The normalized spacial score (nSPS) is 11.2. The lowest BCUT2D eigenvalue weighted by Crippen LogP contribution is -1.97. The Morgan fingerprint density at radius 1 is 0.321 bits per heavy atom. The lowest BCUT2D eigenvalue weighted by atomic mass is 9.90. The number of rotatable bonds is 5. The van der Waals surface area contributed by atoms with Gasteiger partial charge in [-0.15, -0.1) is 0 Å². The SMILES string of the molecule is N#Cc1ccc2c(c1)c1cc(C#N)ccc1n2-c1cc(-c2ccc3c(c2)c2ccccc2n3-c2ccccc2)cc(-c2ccccc2-c2ccccc2C#N)c1. The molecule has 0 amide bonds. The summed E-state index contributed by atoms with van der Waals surface area (Å²) in [5, 5.41) is 34.0. The molecule has 56 heavy (non-hydrogen) atoms. The van der Waals surface area contributed by atoms with Gasteiger partial charge >= 0.3 is 0 Å². The van der Waals surface area contributed by atoms with Gasteiger partial charge in [-0.3, -0.25) is 0 Å². The highest BCUT2D eigenvalue weighted by Gasteiger charge is 2.19. The molecule has 0 aliphatic carbocycles. The summed E-state index contributed by atoms with van der Waals surface area (Å²) in [5.74, 6) is 0. The molecule has 5 heteroatoms. The van der Waals surface area contributed by atoms with Crippen LogP contribution in [-0.2, 0) is 0 Å². The predicted molar refractivity (Wildman–Crippen MR) is 226 cm³/mol. The van der Waals surface area contributed by atoms with E-state index in [0.29, 0.717) is 16.7 Å². The maximum absolute atomic E-state index is 10.1. The van der Waals surface area contributed by atoms with Crippen molar-refractivity contribution in [2.45, 2.75) is 0 Å². The van der Waals surface area contributed by atoms with Crippen molar-refractivity contribution >= 4 is 43.6 Å². The van der Waals surface area contributed by atoms with Crippen molar-refractivity contribution in [3.8, 4) is 63.0 Å². The second-order valence-corrected chi connectivity index (χ2v) is 13.9. The van der Waals surface area contributed by atoms with Gasteiger partial charge in [0, 0.05) is 38.5 Å². The van der Waals surface area contributed by atoms with Crippen LogP contribution in [0, 0.1) is 34.0 Å². The minimum absolute atomic E-state index is 0.557. The number of benzene rings is 8. The molecule has 0 N–H and O–H groups in total. The summed E-state index contributed by atoms with van der Waals surface area (Å²) in [6, 6.07) is 66.8. The molecule has 10 aromatic rings. The monoisotopic (exact) mass is 711 g/mol. The van der Waals surface area contributed by atoms with Crippen LogP contribution in [0.1, 0.15) is 16.7 Å². The minimum atomic E-state index is 0.557. The summed E-state index contributed by atoms with van der Waals surface area (Å²) in [5.41, 5.74) is 13.8. The topological polar surface area (TPSA) is 81.2 Å². The Bertz CT molecular complexity index is 3270. The average Bonchev–Trinajstić information content (AvgIpc) is 3.78. The number of hydrogen-bond donors (Lipinski definition) is 0. The molecule has 10 rings (SSSR count). The van der Waals surface area contributed by atoms with Crippen LogP contribution in [0.2, 0.25) is 0 Å². The van der Waals surface area contributed by atoms with Crippen LogP contribution in [0.25, 0.3) is 88.4 Å². The molecule has 0 spiro atoms. The lowest BCUT2D eigenvalue weighted by Gasteiger charge is -2.17. The molecule has 0 radical (unpaired) electrons. The van der Waals surface area contributed by atoms with Crippen molar-refractivity contribution in [2.75, 3.05) is 0 Å². The van der Waals surface area contributed by atoms with E-state index in [1.54, 1.807) is 0 Å². The predicted octanol–water partition coefficient (Wildman–Crippen LogP) is 12.5. The number of para-hydroxylation sites is 2. The summed E-state index contributed by atoms with van der Waals surface area (Å²) in [6.45, 7) is 0. The van der Waals surface area contributed by atoms with E-state index in [-0.39, 0.29) is 0 Å². The first-order chi connectivity index (χ1) is 27.6. The van der Waals surface area contributed by atoms with E-state index >= 15 is 0 Å². The van der Waals surface area contributed by atoms with Gasteiger partial charge in [-0.05, 0) is 119 Å². The minimum Gasteiger partial charge on any atom is -0.309 e. The Morgan fingerprint density at radius 2 is 0.857 bits per heavy atom. The van der Waals surface area contributed by atoms with Crippen LogP contribution in [0.4, 0.5) is 0 Å². The standard InChI is InChI=1S/C51H29N5/c52-30-33-18-21-49-45(24-33)46-25-34(31-53)19-22-50(46)56(49)40-27-37(26-38(28-40)42-14-6-7-15-43(42)41-13-5-4-10-36(41)32-54)35-20-23-51-47(29-35)44-16-8-9-17-48(44)55(51)39-11-2-1-3-12-39/h1-29H. The summed E-state index contributed by atoms with van der Waals surface area (Å²) in [7, 11) is 0. The Hall–Kier alpha value is -8.17. The van der Waals surface area contributed by atoms with E-state index < -0.39 is 0 Å². The molecule has 0 fully saturated rings. The summed E-state index contributed by atoms with van der Waals surface area (Å²) in [4.78, 5) is 0. The molecular formula is C51H29N5. The molecule has 2 aromatic heterocycles. The van der Waals surface area contributed by atoms with E-state index in [1.165, 1.54) is 5.39 Å². The van der Waals surface area contributed by atoms with E-state index in [2.05, 4.69) is 124 Å². The van der Waals surface area contributed by atoms with Crippen LogP contribution < -0.4 is 0 Å². The zero-order valence-corrected chi connectivity index (χ0v) is 30.0. The van der Waals surface area contributed by atoms with Crippen molar-refractivity contribution < 1.29 is 0 Å². The fourth-order valence-electron chi connectivity index (χ4n) is 8.30. The second kappa shape index (κ2) is 13.0. The van der Waals surface area contributed by atoms with Crippen LogP contribution in [0.3, 0.4) is 0 Å². The van der Waals surface area contributed by atoms with Crippen molar-refractivity contribution in [3.63, 3.8) is 0 Å². The van der Waals surface area contributed by atoms with Gasteiger partial charge in [-0.2, -0.15) is 15.8 Å². The molecule has 5 nitrogen and oxygen atoms in total. The third-order valence-corrected chi connectivity index (χ3v) is 10.8. The first-order valence-corrected chi connectivity index (χ1v) is 18.4. The van der Waals surface area contributed by atoms with Crippen molar-refractivity contribution in [2.24, 2.45) is 0 Å². The Kier molecular flexibility index (Phi) is 7.57. The average molecular weight is 712 g/mol. The van der Waals surface area contributed by atoms with E-state index in [0.717, 1.165) is 83.0 Å². The third kappa shape index (κ3) is 5.14. The van der Waals surface area contributed by atoms with E-state index in [4.69, 9.17) is 0 Å². The van der Waals surface area contributed by atoms with Crippen LogP contribution >= 0.6 is 0 Å². The molecule has 0 aliphatic heterocycles. The number of aromatic nitrogens is 2. The largest absolute Gasteiger partial charge is 0.309 e. The smallest absolute Gasteiger partial charge is 0.0998 e. The van der Waals surface area contributed by atoms with Gasteiger partial charge in [-0.25, -0.2) is 0 Å². The molecule has 8 aromatic carbocycles. The number of nitrogens with zero attached hydrogens (tertiary/aromatic N) is 5. The summed E-state index contributed by atoms with van der Waals surface area (Å²) in [6.07, 6.45) is 0. The van der Waals surface area contributed by atoms with Crippen molar-refractivity contribution in [3.05, 3.63) is 193 Å². The van der Waals surface area contributed by atoms with Gasteiger partial charge in [0.1, 0.15) is 0 Å².